The third kappa shape index (κ3) is 2.64. The Bertz CT molecular complexity index is 702. The monoisotopic (exact) mass is 323 g/mol. The van der Waals surface area contributed by atoms with Crippen molar-refractivity contribution in [2.75, 3.05) is 31.1 Å². The Morgan fingerprint density at radius 1 is 1.32 bits per heavy atom. The Morgan fingerprint density at radius 2 is 2.09 bits per heavy atom. The molecule has 0 spiro atoms. The second kappa shape index (κ2) is 5.64. The molecule has 1 aromatic carbocycles. The van der Waals surface area contributed by atoms with E-state index in [0.717, 1.165) is 11.3 Å². The summed E-state index contributed by atoms with van der Waals surface area (Å²) in [6.07, 6.45) is 0.705. The van der Waals surface area contributed by atoms with Crippen LogP contribution in [0.25, 0.3) is 0 Å². The second-order valence-corrected chi connectivity index (χ2v) is 7.87. The summed E-state index contributed by atoms with van der Waals surface area (Å²) in [5.41, 5.74) is 1.76. The zero-order chi connectivity index (χ0) is 15.9. The highest BCUT2D eigenvalue weighted by Crippen LogP contribution is 2.31. The number of nitrogens with one attached hydrogen (secondary N) is 1. The number of piperazine rings is 1. The number of benzene rings is 1. The predicted octanol–water partition coefficient (Wildman–Crippen LogP) is 0.578. The molecule has 3 rings (SSSR count). The van der Waals surface area contributed by atoms with E-state index in [9.17, 15) is 13.2 Å². The van der Waals surface area contributed by atoms with Gasteiger partial charge in [-0.25, -0.2) is 8.42 Å². The Balaban J connectivity index is 1.91. The first-order valence-electron chi connectivity index (χ1n) is 7.54. The zero-order valence-electron chi connectivity index (χ0n) is 12.9. The molecule has 0 saturated carbocycles. The molecule has 1 aromatic rings. The summed E-state index contributed by atoms with van der Waals surface area (Å²) in [4.78, 5) is 13.6. The lowest BCUT2D eigenvalue weighted by molar-refractivity contribution is -0.116. The molecule has 120 valence electrons. The van der Waals surface area contributed by atoms with Gasteiger partial charge in [-0.15, -0.1) is 0 Å². The topological polar surface area (TPSA) is 69.7 Å². The molecule has 1 amide bonds. The van der Waals surface area contributed by atoms with Gasteiger partial charge in [-0.3, -0.25) is 4.79 Å². The van der Waals surface area contributed by atoms with Gasteiger partial charge in [0.1, 0.15) is 0 Å². The van der Waals surface area contributed by atoms with E-state index >= 15 is 0 Å². The summed E-state index contributed by atoms with van der Waals surface area (Å²) >= 11 is 0. The van der Waals surface area contributed by atoms with E-state index in [-0.39, 0.29) is 11.9 Å². The van der Waals surface area contributed by atoms with Gasteiger partial charge in [0.15, 0.2) is 0 Å². The van der Waals surface area contributed by atoms with Crippen LogP contribution in [0.5, 0.6) is 0 Å². The molecule has 2 aliphatic rings. The van der Waals surface area contributed by atoms with E-state index in [0.29, 0.717) is 37.5 Å². The van der Waals surface area contributed by atoms with Gasteiger partial charge in [0.2, 0.25) is 15.9 Å². The maximum Gasteiger partial charge on any atom is 0.243 e. The third-order valence-electron chi connectivity index (χ3n) is 4.30. The van der Waals surface area contributed by atoms with E-state index in [2.05, 4.69) is 5.32 Å². The number of fused-ring (bicyclic) bond motifs is 1. The normalized spacial score (nSPS) is 22.6. The lowest BCUT2D eigenvalue weighted by Gasteiger charge is -2.31. The van der Waals surface area contributed by atoms with Crippen LogP contribution in [0.2, 0.25) is 0 Å². The molecule has 0 unspecified atom stereocenters. The first-order chi connectivity index (χ1) is 10.4. The van der Waals surface area contributed by atoms with E-state index in [1.54, 1.807) is 23.1 Å². The fourth-order valence-electron chi connectivity index (χ4n) is 3.13. The Labute approximate surface area is 131 Å². The Hall–Kier alpha value is -1.44. The highest BCUT2D eigenvalue weighted by atomic mass is 32.2. The van der Waals surface area contributed by atoms with Crippen LogP contribution in [0.1, 0.15) is 19.4 Å². The highest BCUT2D eigenvalue weighted by molar-refractivity contribution is 7.89. The molecule has 7 heteroatoms. The fourth-order valence-corrected chi connectivity index (χ4v) is 4.71. The minimum atomic E-state index is -3.46. The molecule has 6 nitrogen and oxygen atoms in total. The van der Waals surface area contributed by atoms with E-state index in [1.165, 1.54) is 11.2 Å². The second-order valence-electron chi connectivity index (χ2n) is 5.93. The molecule has 0 bridgehead atoms. The minimum absolute atomic E-state index is 0.00899. The molecule has 1 atom stereocenters. The van der Waals surface area contributed by atoms with Crippen molar-refractivity contribution in [2.24, 2.45) is 0 Å². The van der Waals surface area contributed by atoms with Gasteiger partial charge in [0.05, 0.1) is 4.90 Å². The van der Waals surface area contributed by atoms with Crippen molar-refractivity contribution in [1.82, 2.24) is 9.62 Å². The number of rotatable bonds is 2. The maximum absolute atomic E-state index is 12.8. The first-order valence-corrected chi connectivity index (χ1v) is 8.98. The SMILES string of the molecule is CC(=O)N1CCc2cc(S(=O)(=O)N3CCN[C@H](C)C3)ccc21. The Kier molecular flexibility index (Phi) is 3.96. The highest BCUT2D eigenvalue weighted by Gasteiger charge is 2.30. The average Bonchev–Trinajstić information content (AvgIpc) is 2.90. The van der Waals surface area contributed by atoms with Gasteiger partial charge in [-0.2, -0.15) is 4.31 Å². The number of hydrogen-bond acceptors (Lipinski definition) is 4. The molecule has 0 aliphatic carbocycles. The largest absolute Gasteiger partial charge is 0.312 e. The summed E-state index contributed by atoms with van der Waals surface area (Å²) in [6, 6.07) is 5.25. The molecule has 1 fully saturated rings. The number of sulfonamides is 1. The summed E-state index contributed by atoms with van der Waals surface area (Å²) < 4.78 is 27.1. The lowest BCUT2D eigenvalue weighted by atomic mass is 10.2. The molecule has 0 radical (unpaired) electrons. The number of amides is 1. The van der Waals surface area contributed by atoms with Crippen molar-refractivity contribution in [3.05, 3.63) is 23.8 Å². The van der Waals surface area contributed by atoms with Crippen molar-refractivity contribution in [1.29, 1.82) is 0 Å². The first kappa shape index (κ1) is 15.5. The molecule has 0 aromatic heterocycles. The number of nitrogens with zero attached hydrogens (tertiary/aromatic N) is 2. The fraction of sp³-hybridized carbons (Fsp3) is 0.533. The standard InChI is InChI=1S/C15H21N3O3S/c1-11-10-17(8-6-16-11)22(20,21)14-3-4-15-13(9-14)5-7-18(15)12(2)19/h3-4,9,11,16H,5-8,10H2,1-2H3/t11-/m1/s1. The average molecular weight is 323 g/mol. The van der Waals surface area contributed by atoms with Crippen molar-refractivity contribution in [2.45, 2.75) is 31.2 Å². The van der Waals surface area contributed by atoms with Crippen LogP contribution in [0.15, 0.2) is 23.1 Å². The van der Waals surface area contributed by atoms with Gasteiger partial charge < -0.3 is 10.2 Å². The van der Waals surface area contributed by atoms with Crippen LogP contribution in [0.3, 0.4) is 0 Å². The van der Waals surface area contributed by atoms with Crippen LogP contribution in [0, 0.1) is 0 Å². The smallest absolute Gasteiger partial charge is 0.243 e. The number of carbonyl (C=O) groups is 1. The van der Waals surface area contributed by atoms with Crippen molar-refractivity contribution >= 4 is 21.6 Å². The van der Waals surface area contributed by atoms with Crippen molar-refractivity contribution in [3.63, 3.8) is 0 Å². The number of anilines is 1. The van der Waals surface area contributed by atoms with E-state index in [1.807, 2.05) is 6.92 Å². The summed E-state index contributed by atoms with van der Waals surface area (Å²) in [5.74, 6) is -0.00899. The number of hydrogen-bond donors (Lipinski definition) is 1. The van der Waals surface area contributed by atoms with Crippen molar-refractivity contribution in [3.8, 4) is 0 Å². The summed E-state index contributed by atoms with van der Waals surface area (Å²) in [5, 5.41) is 3.25. The molecular formula is C15H21N3O3S. The van der Waals surface area contributed by atoms with Gasteiger partial charge in [0.25, 0.3) is 0 Å². The Morgan fingerprint density at radius 3 is 2.77 bits per heavy atom. The summed E-state index contributed by atoms with van der Waals surface area (Å²) in [7, 11) is -3.46. The van der Waals surface area contributed by atoms with E-state index < -0.39 is 10.0 Å². The lowest BCUT2D eigenvalue weighted by Crippen LogP contribution is -2.51. The molecule has 1 N–H and O–H groups in total. The van der Waals surface area contributed by atoms with Crippen LogP contribution in [0.4, 0.5) is 5.69 Å². The zero-order valence-corrected chi connectivity index (χ0v) is 13.7. The third-order valence-corrected chi connectivity index (χ3v) is 6.16. The van der Waals surface area contributed by atoms with E-state index in [4.69, 9.17) is 0 Å². The van der Waals surface area contributed by atoms with Crippen LogP contribution >= 0.6 is 0 Å². The predicted molar refractivity (Wildman–Crippen MR) is 84.4 cm³/mol. The molecule has 2 heterocycles. The van der Waals surface area contributed by atoms with Crippen molar-refractivity contribution < 1.29 is 13.2 Å². The molecule has 22 heavy (non-hydrogen) atoms. The van der Waals surface area contributed by atoms with Crippen LogP contribution in [-0.4, -0.2) is 50.9 Å². The quantitative estimate of drug-likeness (QED) is 0.864. The minimum Gasteiger partial charge on any atom is -0.312 e. The van der Waals surface area contributed by atoms with Gasteiger partial charge >= 0.3 is 0 Å². The summed E-state index contributed by atoms with van der Waals surface area (Å²) in [6.45, 7) is 5.78. The van der Waals surface area contributed by atoms with Crippen LogP contribution < -0.4 is 10.2 Å². The maximum atomic E-state index is 12.8. The molecular weight excluding hydrogens is 302 g/mol. The molecule has 2 aliphatic heterocycles. The molecule has 1 saturated heterocycles. The van der Waals surface area contributed by atoms with Gasteiger partial charge in [-0.1, -0.05) is 0 Å². The van der Waals surface area contributed by atoms with Gasteiger partial charge in [0, 0.05) is 44.8 Å². The van der Waals surface area contributed by atoms with Gasteiger partial charge in [-0.05, 0) is 37.1 Å². The number of carbonyl (C=O) groups excluding carboxylic acids is 1. The van der Waals surface area contributed by atoms with Crippen LogP contribution in [-0.2, 0) is 21.2 Å².